The molecule has 30 nitrogen and oxygen atoms in total. The predicted molar refractivity (Wildman–Crippen MR) is 182 cm³/mol. The average molecular weight is 932 g/mol. The van der Waals surface area contributed by atoms with E-state index in [0.717, 1.165) is 10.8 Å². The second-order valence-electron chi connectivity index (χ2n) is 11.1. The summed E-state index contributed by atoms with van der Waals surface area (Å²) in [5, 5.41) is 16.1. The summed E-state index contributed by atoms with van der Waals surface area (Å²) in [6.07, 6.45) is -1.60. The fourth-order valence-electron chi connectivity index (χ4n) is 4.19. The highest BCUT2D eigenvalue weighted by atomic mass is 31.3. The first kappa shape index (κ1) is 50.4. The number of unbranched alkanes of at least 4 members (excludes halogenated alkanes) is 3. The van der Waals surface area contributed by atoms with E-state index in [4.69, 9.17) is 10.3 Å². The van der Waals surface area contributed by atoms with Crippen molar-refractivity contribution in [2.45, 2.75) is 70.3 Å². The van der Waals surface area contributed by atoms with E-state index in [1.807, 2.05) is 4.98 Å². The Labute approximate surface area is 314 Å². The molecular formula is C20H38N6O24P6. The predicted octanol–water partition coefficient (Wildman–Crippen LogP) is 1.98. The van der Waals surface area contributed by atoms with Crippen LogP contribution in [0.25, 0.3) is 10.4 Å². The Hall–Kier alpha value is -1.76. The molecule has 1 aliphatic rings. The molecule has 6 unspecified atom stereocenters. The first-order valence-electron chi connectivity index (χ1n) is 15.4. The van der Waals surface area contributed by atoms with Gasteiger partial charge in [-0.3, -0.25) is 28.2 Å². The third kappa shape index (κ3) is 19.3. The lowest BCUT2D eigenvalue weighted by molar-refractivity contribution is -0.121. The van der Waals surface area contributed by atoms with Crippen molar-refractivity contribution >= 4 is 52.8 Å². The number of azide groups is 1. The molecule has 1 aliphatic heterocycles. The van der Waals surface area contributed by atoms with Crippen molar-refractivity contribution in [2.75, 3.05) is 26.3 Å². The highest BCUT2D eigenvalue weighted by Gasteiger charge is 2.50. The number of ether oxygens (including phenoxy) is 1. The lowest BCUT2D eigenvalue weighted by Gasteiger charge is -2.21. The van der Waals surface area contributed by atoms with Crippen molar-refractivity contribution in [3.8, 4) is 0 Å². The highest BCUT2D eigenvalue weighted by Crippen LogP contribution is 2.75. The second-order valence-corrected chi connectivity index (χ2v) is 20.5. The molecule has 1 fully saturated rings. The third-order valence-electron chi connectivity index (χ3n) is 6.47. The molecule has 9 atom stereocenters. The molecule has 1 aromatic heterocycles. The number of amides is 1. The average Bonchev–Trinajstić information content (AvgIpc) is 3.38. The Morgan fingerprint density at radius 3 is 1.95 bits per heavy atom. The van der Waals surface area contributed by atoms with Crippen molar-refractivity contribution in [1.82, 2.24) is 14.9 Å². The maximum atomic E-state index is 12.2. The number of phosphoric ester groups is 2. The fraction of sp³-hybridized carbons (Fsp3) is 0.750. The zero-order chi connectivity index (χ0) is 42.6. The third-order valence-corrected chi connectivity index (χ3v) is 15.7. The van der Waals surface area contributed by atoms with Crippen LogP contribution in [0.15, 0.2) is 20.9 Å². The highest BCUT2D eigenvalue weighted by molar-refractivity contribution is 7.72. The van der Waals surface area contributed by atoms with Crippen LogP contribution in [-0.4, -0.2) is 88.4 Å². The Kier molecular flexibility index (Phi) is 19.3. The number of carbonyl (C=O) groups is 1. The molecule has 2 rings (SSSR count). The number of aromatic amines is 1. The lowest BCUT2D eigenvalue weighted by Crippen LogP contribution is -2.33. The van der Waals surface area contributed by atoms with Crippen LogP contribution in [0.5, 0.6) is 0 Å². The molecule has 322 valence electrons. The van der Waals surface area contributed by atoms with E-state index in [0.29, 0.717) is 32.2 Å². The van der Waals surface area contributed by atoms with Crippen molar-refractivity contribution < 1.29 is 102 Å². The maximum absolute atomic E-state index is 12.2. The first-order valence-corrected chi connectivity index (χ1v) is 24.4. The number of phosphoric acid groups is 6. The molecule has 1 aromatic rings. The molecule has 36 heteroatoms. The van der Waals surface area contributed by atoms with Gasteiger partial charge in [-0.05, 0) is 31.7 Å². The second kappa shape index (κ2) is 21.5. The minimum Gasteiger partial charge on any atom is -0.390 e. The van der Waals surface area contributed by atoms with Gasteiger partial charge in [-0.15, -0.1) is 0 Å². The van der Waals surface area contributed by atoms with E-state index in [9.17, 15) is 76.2 Å². The Morgan fingerprint density at radius 2 is 1.39 bits per heavy atom. The van der Waals surface area contributed by atoms with E-state index in [1.54, 1.807) is 0 Å². The molecule has 2 heterocycles. The van der Waals surface area contributed by atoms with Gasteiger partial charge < -0.3 is 44.5 Å². The number of nitrogens with zero attached hydrogens (tertiary/aromatic N) is 4. The lowest BCUT2D eigenvalue weighted by atomic mass is 10.2. The number of aryl methyl sites for hydroxylation is 1. The number of aliphatic hydroxyl groups is 1. The van der Waals surface area contributed by atoms with Crippen molar-refractivity contribution in [1.29, 1.82) is 0 Å². The van der Waals surface area contributed by atoms with Crippen molar-refractivity contribution in [3.05, 3.63) is 43.0 Å². The summed E-state index contributed by atoms with van der Waals surface area (Å²) in [5.41, 5.74) is 6.61. The summed E-state index contributed by atoms with van der Waals surface area (Å²) >= 11 is 0. The topological polar surface area (TPSA) is 451 Å². The number of rotatable bonds is 26. The Morgan fingerprint density at radius 1 is 0.875 bits per heavy atom. The van der Waals surface area contributed by atoms with Gasteiger partial charge in [0.05, 0.1) is 19.3 Å². The van der Waals surface area contributed by atoms with Gasteiger partial charge in [-0.1, -0.05) is 18.0 Å². The molecule has 0 saturated carbocycles. The van der Waals surface area contributed by atoms with Crippen LogP contribution in [0.1, 0.15) is 56.7 Å². The number of aromatic nitrogens is 2. The molecule has 1 saturated heterocycles. The number of hydrogen-bond acceptors (Lipinski definition) is 19. The van der Waals surface area contributed by atoms with Crippen LogP contribution in [0, 0.1) is 6.92 Å². The molecule has 0 bridgehead atoms. The zero-order valence-electron chi connectivity index (χ0n) is 28.6. The maximum Gasteiger partial charge on any atom is 0.490 e. The van der Waals surface area contributed by atoms with Crippen LogP contribution in [0.2, 0.25) is 0 Å². The van der Waals surface area contributed by atoms with E-state index in [-0.39, 0.29) is 37.3 Å². The summed E-state index contributed by atoms with van der Waals surface area (Å²) in [6.45, 7) is 0.121. The van der Waals surface area contributed by atoms with Gasteiger partial charge in [0.2, 0.25) is 5.91 Å². The van der Waals surface area contributed by atoms with Crippen molar-refractivity contribution in [3.63, 3.8) is 0 Å². The van der Waals surface area contributed by atoms with Crippen LogP contribution in [-0.2, 0) is 67.5 Å². The Balaban J connectivity index is 1.81. The fourth-order valence-corrected chi connectivity index (χ4v) is 12.0. The summed E-state index contributed by atoms with van der Waals surface area (Å²) < 4.78 is 106. The standard InChI is InChI=1S/C20H38N6O24P6/c1-14-12-26(20(30)24-19(14)29)18-11-15(27)16(45-18)13-44-52(33,34)47-54(37,38)49-56(41,42)50-55(39,40)48-53(35,36)46-51(31,32)43-10-5-3-2-4-8-22-17(28)7-6-9-23-25-21/h12,15-16,18,27H,2-11,13H2,1H3,(H,22,28)(H,31,32)(H,33,34)(H,35,36)(H,37,38)(H,39,40)(H,41,42)(H,24,29,30)/t15-,16-,18-/m0/s1. The van der Waals surface area contributed by atoms with E-state index >= 15 is 0 Å². The van der Waals surface area contributed by atoms with E-state index in [2.05, 4.69) is 45.9 Å². The van der Waals surface area contributed by atoms with Gasteiger partial charge in [0, 0.05) is 42.6 Å². The van der Waals surface area contributed by atoms with E-state index < -0.39 is 89.8 Å². The van der Waals surface area contributed by atoms with Gasteiger partial charge in [0.1, 0.15) is 12.3 Å². The molecule has 56 heavy (non-hydrogen) atoms. The Bertz CT molecular complexity index is 1990. The molecule has 0 spiro atoms. The first-order chi connectivity index (χ1) is 25.7. The van der Waals surface area contributed by atoms with Crippen LogP contribution in [0.4, 0.5) is 0 Å². The van der Waals surface area contributed by atoms with Crippen LogP contribution >= 0.6 is 46.9 Å². The number of aliphatic hydroxyl groups excluding tert-OH is 1. The van der Waals surface area contributed by atoms with Crippen LogP contribution < -0.4 is 16.6 Å². The van der Waals surface area contributed by atoms with Gasteiger partial charge in [0.25, 0.3) is 5.56 Å². The van der Waals surface area contributed by atoms with Gasteiger partial charge in [-0.25, -0.2) is 32.2 Å². The number of carbonyl (C=O) groups excluding carboxylic acids is 1. The molecule has 1 amide bonds. The van der Waals surface area contributed by atoms with Gasteiger partial charge in [-0.2, -0.15) is 21.6 Å². The van der Waals surface area contributed by atoms with Crippen LogP contribution in [0.3, 0.4) is 0 Å². The number of nitrogens with one attached hydrogen (secondary N) is 2. The minimum atomic E-state index is -6.49. The summed E-state index contributed by atoms with van der Waals surface area (Å²) in [7, 11) is -36.9. The smallest absolute Gasteiger partial charge is 0.390 e. The monoisotopic (exact) mass is 932 g/mol. The summed E-state index contributed by atoms with van der Waals surface area (Å²) in [5.74, 6) is -0.267. The van der Waals surface area contributed by atoms with Gasteiger partial charge >= 0.3 is 52.6 Å². The molecule has 0 aliphatic carbocycles. The summed E-state index contributed by atoms with van der Waals surface area (Å²) in [4.78, 5) is 97.8. The summed E-state index contributed by atoms with van der Waals surface area (Å²) in [6, 6.07) is 0. The number of hydrogen-bond donors (Lipinski definition) is 9. The molecule has 0 radical (unpaired) electrons. The van der Waals surface area contributed by atoms with E-state index in [1.165, 1.54) is 6.92 Å². The quantitative estimate of drug-likeness (QED) is 0.0211. The minimum absolute atomic E-state index is 0.0591. The molecule has 0 aromatic carbocycles. The zero-order valence-corrected chi connectivity index (χ0v) is 34.0. The molecular weight excluding hydrogens is 894 g/mol. The van der Waals surface area contributed by atoms with Gasteiger partial charge in [0.15, 0.2) is 0 Å². The number of H-pyrrole nitrogens is 1. The largest absolute Gasteiger partial charge is 0.490 e. The SMILES string of the molecule is Cc1cn([C@@H]2C[C@H](O)[C@H](COP(=O)(O)OP(=O)(O)OP(=O)(O)OP(=O)(O)OP(=O)(O)OP(=O)(O)OCCCCCCNC(=O)CCCN=[N+]=[N-])O2)c(=O)[nH]c1=O. The van der Waals surface area contributed by atoms with Crippen molar-refractivity contribution in [2.24, 2.45) is 5.11 Å². The molecule has 9 N–H and O–H groups in total. The normalized spacial score (nSPS) is 23.6.